The van der Waals surface area contributed by atoms with E-state index >= 15 is 0 Å². The van der Waals surface area contributed by atoms with Crippen LogP contribution in [0.15, 0.2) is 24.3 Å². The summed E-state index contributed by atoms with van der Waals surface area (Å²) in [4.78, 5) is 10.4. The van der Waals surface area contributed by atoms with Crippen LogP contribution in [0.2, 0.25) is 0 Å². The SMILES string of the molecule is CC(C)Oc1ccc(C(O)C(O)CC(=O)O)cc1. The predicted octanol–water partition coefficient (Wildman–Crippen LogP) is 1.34. The molecule has 5 heteroatoms. The molecule has 1 aromatic carbocycles. The molecule has 0 aromatic heterocycles. The van der Waals surface area contributed by atoms with Crippen LogP contribution in [0.4, 0.5) is 0 Å². The van der Waals surface area contributed by atoms with Crippen molar-refractivity contribution >= 4 is 5.97 Å². The van der Waals surface area contributed by atoms with Crippen molar-refractivity contribution in [3.8, 4) is 5.75 Å². The van der Waals surface area contributed by atoms with Crippen molar-refractivity contribution in [2.24, 2.45) is 0 Å². The number of ether oxygens (including phenoxy) is 1. The van der Waals surface area contributed by atoms with E-state index in [2.05, 4.69) is 0 Å². The fourth-order valence-electron chi connectivity index (χ4n) is 1.53. The Labute approximate surface area is 106 Å². The van der Waals surface area contributed by atoms with Crippen LogP contribution in [0.25, 0.3) is 0 Å². The minimum atomic E-state index is -1.32. The third-order valence-corrected chi connectivity index (χ3v) is 2.34. The molecule has 0 bridgehead atoms. The van der Waals surface area contributed by atoms with E-state index in [1.165, 1.54) is 0 Å². The van der Waals surface area contributed by atoms with Crippen LogP contribution in [0.5, 0.6) is 5.75 Å². The number of aliphatic carboxylic acids is 1. The lowest BCUT2D eigenvalue weighted by Gasteiger charge is -2.17. The van der Waals surface area contributed by atoms with Crippen molar-refractivity contribution in [1.82, 2.24) is 0 Å². The van der Waals surface area contributed by atoms with Gasteiger partial charge in [0, 0.05) is 0 Å². The molecule has 0 fully saturated rings. The number of carboxylic acids is 1. The second-order valence-corrected chi connectivity index (χ2v) is 4.35. The molecule has 0 heterocycles. The molecule has 0 radical (unpaired) electrons. The lowest BCUT2D eigenvalue weighted by atomic mass is 10.0. The molecule has 0 saturated carbocycles. The van der Waals surface area contributed by atoms with Crippen LogP contribution >= 0.6 is 0 Å². The lowest BCUT2D eigenvalue weighted by Crippen LogP contribution is -2.21. The molecule has 1 aromatic rings. The third-order valence-electron chi connectivity index (χ3n) is 2.34. The molecule has 1 rings (SSSR count). The second-order valence-electron chi connectivity index (χ2n) is 4.35. The topological polar surface area (TPSA) is 87.0 Å². The molecular weight excluding hydrogens is 236 g/mol. The van der Waals surface area contributed by atoms with Gasteiger partial charge in [-0.2, -0.15) is 0 Å². The van der Waals surface area contributed by atoms with Crippen molar-refractivity contribution in [3.63, 3.8) is 0 Å². The average Bonchev–Trinajstić information content (AvgIpc) is 2.27. The van der Waals surface area contributed by atoms with Crippen molar-refractivity contribution < 1.29 is 24.9 Å². The summed E-state index contributed by atoms with van der Waals surface area (Å²) in [6.07, 6.45) is -2.97. The van der Waals surface area contributed by atoms with E-state index in [0.29, 0.717) is 11.3 Å². The number of aliphatic hydroxyl groups excluding tert-OH is 2. The Hall–Kier alpha value is -1.59. The Morgan fingerprint density at radius 1 is 1.22 bits per heavy atom. The standard InChI is InChI=1S/C13H18O5/c1-8(2)18-10-5-3-9(4-6-10)13(17)11(14)7-12(15)16/h3-6,8,11,13-14,17H,7H2,1-2H3,(H,15,16). The number of carbonyl (C=O) groups is 1. The van der Waals surface area contributed by atoms with Gasteiger partial charge in [0.2, 0.25) is 0 Å². The zero-order valence-corrected chi connectivity index (χ0v) is 10.4. The fourth-order valence-corrected chi connectivity index (χ4v) is 1.53. The normalized spacial score (nSPS) is 14.3. The highest BCUT2D eigenvalue weighted by atomic mass is 16.5. The number of benzene rings is 1. The monoisotopic (exact) mass is 254 g/mol. The van der Waals surface area contributed by atoms with E-state index < -0.39 is 24.6 Å². The summed E-state index contributed by atoms with van der Waals surface area (Å²) in [6, 6.07) is 6.55. The molecule has 0 aliphatic heterocycles. The second kappa shape index (κ2) is 6.37. The Bertz CT molecular complexity index is 385. The Morgan fingerprint density at radius 2 is 1.78 bits per heavy atom. The smallest absolute Gasteiger partial charge is 0.306 e. The van der Waals surface area contributed by atoms with E-state index in [1.807, 2.05) is 13.8 Å². The van der Waals surface area contributed by atoms with E-state index in [1.54, 1.807) is 24.3 Å². The van der Waals surface area contributed by atoms with Crippen LogP contribution < -0.4 is 4.74 Å². The molecule has 0 aliphatic carbocycles. The number of rotatable bonds is 6. The summed E-state index contributed by atoms with van der Waals surface area (Å²) in [5, 5.41) is 27.8. The van der Waals surface area contributed by atoms with Crippen molar-refractivity contribution in [3.05, 3.63) is 29.8 Å². The highest BCUT2D eigenvalue weighted by Gasteiger charge is 2.21. The van der Waals surface area contributed by atoms with Gasteiger partial charge in [-0.1, -0.05) is 12.1 Å². The molecule has 0 aliphatic rings. The minimum Gasteiger partial charge on any atom is -0.491 e. The van der Waals surface area contributed by atoms with Crippen LogP contribution in [-0.4, -0.2) is 33.5 Å². The summed E-state index contributed by atoms with van der Waals surface area (Å²) >= 11 is 0. The first-order valence-electron chi connectivity index (χ1n) is 5.74. The zero-order valence-electron chi connectivity index (χ0n) is 10.4. The summed E-state index contributed by atoms with van der Waals surface area (Å²) in [6.45, 7) is 3.80. The molecule has 0 spiro atoms. The highest BCUT2D eigenvalue weighted by Crippen LogP contribution is 2.22. The van der Waals surface area contributed by atoms with Crippen LogP contribution in [0, 0.1) is 0 Å². The van der Waals surface area contributed by atoms with Gasteiger partial charge in [-0.25, -0.2) is 0 Å². The molecular formula is C13H18O5. The van der Waals surface area contributed by atoms with Gasteiger partial charge < -0.3 is 20.1 Å². The molecule has 18 heavy (non-hydrogen) atoms. The summed E-state index contributed by atoms with van der Waals surface area (Å²) < 4.78 is 5.44. The van der Waals surface area contributed by atoms with Crippen LogP contribution in [0.3, 0.4) is 0 Å². The number of hydrogen-bond acceptors (Lipinski definition) is 4. The Kier molecular flexibility index (Phi) is 5.12. The molecule has 0 amide bonds. The molecule has 2 unspecified atom stereocenters. The van der Waals surface area contributed by atoms with Gasteiger partial charge in [-0.05, 0) is 31.5 Å². The summed E-state index contributed by atoms with van der Waals surface area (Å²) in [5.74, 6) is -0.491. The van der Waals surface area contributed by atoms with E-state index in [9.17, 15) is 15.0 Å². The van der Waals surface area contributed by atoms with Crippen LogP contribution in [-0.2, 0) is 4.79 Å². The van der Waals surface area contributed by atoms with Gasteiger partial charge in [0.1, 0.15) is 11.9 Å². The molecule has 0 saturated heterocycles. The maximum atomic E-state index is 10.4. The zero-order chi connectivity index (χ0) is 13.7. The van der Waals surface area contributed by atoms with E-state index in [0.717, 1.165) is 0 Å². The number of hydrogen-bond donors (Lipinski definition) is 3. The third kappa shape index (κ3) is 4.35. The lowest BCUT2D eigenvalue weighted by molar-refractivity contribution is -0.141. The molecule has 3 N–H and O–H groups in total. The predicted molar refractivity (Wildman–Crippen MR) is 65.4 cm³/mol. The van der Waals surface area contributed by atoms with Gasteiger partial charge in [-0.15, -0.1) is 0 Å². The molecule has 2 atom stereocenters. The molecule has 100 valence electrons. The van der Waals surface area contributed by atoms with Crippen LogP contribution in [0.1, 0.15) is 31.9 Å². The first-order valence-corrected chi connectivity index (χ1v) is 5.74. The first-order chi connectivity index (χ1) is 8.40. The molecule has 5 nitrogen and oxygen atoms in total. The summed E-state index contributed by atoms with van der Waals surface area (Å²) in [5.41, 5.74) is 0.458. The summed E-state index contributed by atoms with van der Waals surface area (Å²) in [7, 11) is 0. The van der Waals surface area contributed by atoms with Gasteiger partial charge >= 0.3 is 5.97 Å². The van der Waals surface area contributed by atoms with Crippen molar-refractivity contribution in [2.75, 3.05) is 0 Å². The quantitative estimate of drug-likeness (QED) is 0.713. The Morgan fingerprint density at radius 3 is 2.22 bits per heavy atom. The van der Waals surface area contributed by atoms with Gasteiger partial charge in [0.25, 0.3) is 0 Å². The largest absolute Gasteiger partial charge is 0.491 e. The number of carboxylic acid groups (broad SMARTS) is 1. The maximum absolute atomic E-state index is 10.4. The Balaban J connectivity index is 2.69. The average molecular weight is 254 g/mol. The van der Waals surface area contributed by atoms with Gasteiger partial charge in [0.05, 0.1) is 18.6 Å². The van der Waals surface area contributed by atoms with Gasteiger partial charge in [0.15, 0.2) is 0 Å². The first kappa shape index (κ1) is 14.5. The van der Waals surface area contributed by atoms with Crippen molar-refractivity contribution in [2.45, 2.75) is 38.6 Å². The highest BCUT2D eigenvalue weighted by molar-refractivity contribution is 5.67. The minimum absolute atomic E-state index is 0.0541. The van der Waals surface area contributed by atoms with E-state index in [-0.39, 0.29) is 6.10 Å². The maximum Gasteiger partial charge on any atom is 0.306 e. The van der Waals surface area contributed by atoms with E-state index in [4.69, 9.17) is 9.84 Å². The number of aliphatic hydroxyl groups is 2. The van der Waals surface area contributed by atoms with Crippen molar-refractivity contribution in [1.29, 1.82) is 0 Å². The fraction of sp³-hybridized carbons (Fsp3) is 0.462. The van der Waals surface area contributed by atoms with Gasteiger partial charge in [-0.3, -0.25) is 4.79 Å².